The van der Waals surface area contributed by atoms with Crippen LogP contribution in [0.15, 0.2) is 0 Å². The van der Waals surface area contributed by atoms with Crippen molar-refractivity contribution in [2.75, 3.05) is 0 Å². The molecule has 0 saturated carbocycles. The molecule has 0 heterocycles. The second kappa shape index (κ2) is 9.70. The molecule has 0 saturated heterocycles. The molecule has 0 unspecified atom stereocenters. The molecule has 8 heavy (non-hydrogen) atoms. The quantitative estimate of drug-likeness (QED) is 0.231. The van der Waals surface area contributed by atoms with Gasteiger partial charge in [0.15, 0.2) is 0 Å². The van der Waals surface area contributed by atoms with Crippen LogP contribution in [0.3, 0.4) is 0 Å². The zero-order valence-electron chi connectivity index (χ0n) is 4.49. The largest absolute Gasteiger partial charge is 1.00 e. The van der Waals surface area contributed by atoms with Crippen molar-refractivity contribution >= 4 is 0 Å². The van der Waals surface area contributed by atoms with Crippen molar-refractivity contribution in [1.29, 1.82) is 0 Å². The molecule has 0 aromatic rings. The Morgan fingerprint density at radius 1 is 1.12 bits per heavy atom. The van der Waals surface area contributed by atoms with E-state index in [1.54, 1.807) is 0 Å². The summed E-state index contributed by atoms with van der Waals surface area (Å²) < 4.78 is 0. The minimum Gasteiger partial charge on any atom is -0.832 e. The van der Waals surface area contributed by atoms with Gasteiger partial charge in [0.25, 0.3) is 0 Å². The summed E-state index contributed by atoms with van der Waals surface area (Å²) in [6.07, 6.45) is 6.01. The van der Waals surface area contributed by atoms with Crippen LogP contribution in [0.2, 0.25) is 0 Å². The van der Waals surface area contributed by atoms with Crippen molar-refractivity contribution in [3.63, 3.8) is 0 Å². The number of hydrogen-bond donors (Lipinski definition) is 0. The van der Waals surface area contributed by atoms with Gasteiger partial charge >= 0.3 is 29.6 Å². The summed E-state index contributed by atoms with van der Waals surface area (Å²) in [5.74, 6) is 8.22. The van der Waals surface area contributed by atoms with Gasteiger partial charge in [-0.3, -0.25) is 0 Å². The van der Waals surface area contributed by atoms with Gasteiger partial charge in [-0.15, -0.1) is 12.5 Å². The van der Waals surface area contributed by atoms with E-state index in [0.717, 1.165) is 0 Å². The van der Waals surface area contributed by atoms with Crippen molar-refractivity contribution in [3.8, 4) is 36.2 Å². The molecular formula is C6HNaO. The van der Waals surface area contributed by atoms with E-state index in [-0.39, 0.29) is 29.6 Å². The predicted octanol–water partition coefficient (Wildman–Crippen LogP) is -4.05. The van der Waals surface area contributed by atoms with E-state index in [1.807, 2.05) is 11.8 Å². The van der Waals surface area contributed by atoms with Crippen LogP contribution in [0.1, 0.15) is 0 Å². The molecule has 0 rings (SSSR count). The Kier molecular flexibility index (Phi) is 12.7. The van der Waals surface area contributed by atoms with Crippen LogP contribution in [0.4, 0.5) is 0 Å². The Labute approximate surface area is 70.8 Å². The van der Waals surface area contributed by atoms with Gasteiger partial charge < -0.3 is 5.11 Å². The SMILES string of the molecule is C#CC#CC#C[O-].[Na+]. The van der Waals surface area contributed by atoms with Gasteiger partial charge in [0.1, 0.15) is 0 Å². The number of terminal acetylenes is 1. The van der Waals surface area contributed by atoms with E-state index < -0.39 is 0 Å². The van der Waals surface area contributed by atoms with Crippen molar-refractivity contribution in [1.82, 2.24) is 0 Å². The van der Waals surface area contributed by atoms with Crippen LogP contribution in [0.25, 0.3) is 0 Å². The topological polar surface area (TPSA) is 23.1 Å². The average molecular weight is 112 g/mol. The normalized spacial score (nSPS) is 2.88. The molecule has 0 atom stereocenters. The van der Waals surface area contributed by atoms with E-state index in [2.05, 4.69) is 18.3 Å². The minimum absolute atomic E-state index is 0. The summed E-state index contributed by atoms with van der Waals surface area (Å²) >= 11 is 0. The summed E-state index contributed by atoms with van der Waals surface area (Å²) in [5.41, 5.74) is 0. The van der Waals surface area contributed by atoms with E-state index in [1.165, 1.54) is 6.11 Å². The van der Waals surface area contributed by atoms with Crippen LogP contribution in [0.5, 0.6) is 0 Å². The van der Waals surface area contributed by atoms with Crippen LogP contribution in [0, 0.1) is 36.2 Å². The summed E-state index contributed by atoms with van der Waals surface area (Å²) in [4.78, 5) is 0. The molecule has 0 aliphatic heterocycles. The third-order valence-electron chi connectivity index (χ3n) is 0.248. The average Bonchev–Trinajstić information content (AvgIpc) is 1.69. The molecule has 0 spiro atoms. The molecule has 0 aromatic heterocycles. The Bertz CT molecular complexity index is 191. The molecule has 0 aliphatic rings. The molecular weight excluding hydrogens is 111 g/mol. The monoisotopic (exact) mass is 112 g/mol. The van der Waals surface area contributed by atoms with Gasteiger partial charge in [0.05, 0.1) is 0 Å². The Morgan fingerprint density at radius 3 is 2.12 bits per heavy atom. The summed E-state index contributed by atoms with van der Waals surface area (Å²) in [6, 6.07) is 0. The first-order chi connectivity index (χ1) is 3.41. The molecule has 0 aromatic carbocycles. The van der Waals surface area contributed by atoms with Gasteiger partial charge in [-0.05, 0) is 23.7 Å². The van der Waals surface area contributed by atoms with Gasteiger partial charge in [0, 0.05) is 0 Å². The summed E-state index contributed by atoms with van der Waals surface area (Å²) in [6.45, 7) is 0. The van der Waals surface area contributed by atoms with Gasteiger partial charge in [-0.1, -0.05) is 0 Å². The third kappa shape index (κ3) is 9.08. The predicted molar refractivity (Wildman–Crippen MR) is 24.4 cm³/mol. The van der Waals surface area contributed by atoms with Gasteiger partial charge in [-0.25, -0.2) is 0 Å². The second-order valence-electron chi connectivity index (χ2n) is 0.621. The smallest absolute Gasteiger partial charge is 0.832 e. The zero-order chi connectivity index (χ0) is 5.54. The first kappa shape index (κ1) is 10.5. The Hall–Kier alpha value is -0.520. The molecule has 1 nitrogen and oxygen atoms in total. The van der Waals surface area contributed by atoms with E-state index in [4.69, 9.17) is 0 Å². The molecule has 0 N–H and O–H groups in total. The number of hydrogen-bond acceptors (Lipinski definition) is 1. The molecule has 0 bridgehead atoms. The van der Waals surface area contributed by atoms with Crippen molar-refractivity contribution in [2.45, 2.75) is 0 Å². The summed E-state index contributed by atoms with van der Waals surface area (Å²) in [5, 5.41) is 9.27. The Morgan fingerprint density at radius 2 is 1.75 bits per heavy atom. The first-order valence-corrected chi connectivity index (χ1v) is 1.49. The van der Waals surface area contributed by atoms with Crippen LogP contribution >= 0.6 is 0 Å². The van der Waals surface area contributed by atoms with Crippen molar-refractivity contribution < 1.29 is 34.7 Å². The third-order valence-corrected chi connectivity index (χ3v) is 0.248. The fourth-order valence-electron chi connectivity index (χ4n) is 0.0928. The maximum atomic E-state index is 9.27. The van der Waals surface area contributed by atoms with Gasteiger partial charge in [-0.2, -0.15) is 0 Å². The molecule has 0 aliphatic carbocycles. The molecule has 0 amide bonds. The Balaban J connectivity index is 0. The van der Waals surface area contributed by atoms with Crippen LogP contribution < -0.4 is 34.7 Å². The van der Waals surface area contributed by atoms with Crippen LogP contribution in [-0.2, 0) is 0 Å². The number of rotatable bonds is 0. The minimum atomic E-state index is 0. The standard InChI is InChI=1S/C6H2O.Na/c1-2-3-4-5-6-7;/h1,7H;/q;+1/p-1. The van der Waals surface area contributed by atoms with E-state index in [9.17, 15) is 5.11 Å². The fourth-order valence-corrected chi connectivity index (χ4v) is 0.0928. The van der Waals surface area contributed by atoms with Crippen LogP contribution in [-0.4, -0.2) is 0 Å². The fraction of sp³-hybridized carbons (Fsp3) is 0. The molecule has 0 fully saturated rings. The summed E-state index contributed by atoms with van der Waals surface area (Å²) in [7, 11) is 0. The zero-order valence-corrected chi connectivity index (χ0v) is 6.49. The van der Waals surface area contributed by atoms with E-state index >= 15 is 0 Å². The maximum absolute atomic E-state index is 9.27. The van der Waals surface area contributed by atoms with Crippen molar-refractivity contribution in [3.05, 3.63) is 0 Å². The van der Waals surface area contributed by atoms with E-state index in [0.29, 0.717) is 0 Å². The molecule has 0 radical (unpaired) electrons. The van der Waals surface area contributed by atoms with Crippen molar-refractivity contribution in [2.24, 2.45) is 0 Å². The first-order valence-electron chi connectivity index (χ1n) is 1.49. The maximum Gasteiger partial charge on any atom is 1.00 e. The second-order valence-corrected chi connectivity index (χ2v) is 0.621. The van der Waals surface area contributed by atoms with Gasteiger partial charge in [0.2, 0.25) is 0 Å². The molecule has 2 heteroatoms. The molecule has 32 valence electrons.